The van der Waals surface area contributed by atoms with Crippen LogP contribution in [0.2, 0.25) is 0 Å². The summed E-state index contributed by atoms with van der Waals surface area (Å²) in [6.45, 7) is 3.90. The maximum Gasteiger partial charge on any atom is 0.323 e. The fourth-order valence-corrected chi connectivity index (χ4v) is 1.77. The zero-order valence-corrected chi connectivity index (χ0v) is 14.8. The first-order valence-corrected chi connectivity index (χ1v) is 7.97. The van der Waals surface area contributed by atoms with Crippen molar-refractivity contribution >= 4 is 11.9 Å². The molecule has 0 saturated carbocycles. The summed E-state index contributed by atoms with van der Waals surface area (Å²) in [5.41, 5.74) is 4.95. The van der Waals surface area contributed by atoms with Crippen LogP contribution in [0, 0.1) is 0 Å². The van der Waals surface area contributed by atoms with Crippen LogP contribution in [0.5, 0.6) is 0 Å². The zero-order valence-electron chi connectivity index (χ0n) is 14.8. The Hall–Kier alpha value is -1.30. The van der Waals surface area contributed by atoms with Gasteiger partial charge in [0.15, 0.2) is 0 Å². The van der Waals surface area contributed by atoms with Gasteiger partial charge in [-0.2, -0.15) is 0 Å². The fourth-order valence-electron chi connectivity index (χ4n) is 1.77. The second-order valence-corrected chi connectivity index (χ2v) is 6.78. The minimum Gasteiger partial charge on any atom is -0.459 e. The highest BCUT2D eigenvalue weighted by Crippen LogP contribution is 2.10. The molecule has 5 atom stereocenters. The van der Waals surface area contributed by atoms with Crippen molar-refractivity contribution < 1.29 is 39.9 Å². The molecule has 1 amide bonds. The van der Waals surface area contributed by atoms with Crippen LogP contribution in [0.15, 0.2) is 0 Å². The van der Waals surface area contributed by atoms with E-state index >= 15 is 0 Å². The van der Waals surface area contributed by atoms with E-state index < -0.39 is 61.1 Å². The first-order chi connectivity index (χ1) is 11.4. The number of esters is 1. The van der Waals surface area contributed by atoms with E-state index in [2.05, 4.69) is 5.32 Å². The van der Waals surface area contributed by atoms with Crippen molar-refractivity contribution in [2.45, 2.75) is 69.7 Å². The van der Waals surface area contributed by atoms with Crippen molar-refractivity contribution in [3.63, 3.8) is 0 Å². The highest BCUT2D eigenvalue weighted by atomic mass is 16.6. The van der Waals surface area contributed by atoms with Crippen molar-refractivity contribution in [3.05, 3.63) is 0 Å². The third-order valence-electron chi connectivity index (χ3n) is 3.23. The quantitative estimate of drug-likeness (QED) is 0.198. The predicted octanol–water partition coefficient (Wildman–Crippen LogP) is -3.01. The number of aliphatic hydroxyl groups is 5. The van der Waals surface area contributed by atoms with Crippen LogP contribution in [0.3, 0.4) is 0 Å². The number of amides is 1. The Labute approximate surface area is 146 Å². The zero-order chi connectivity index (χ0) is 19.8. The van der Waals surface area contributed by atoms with Crippen LogP contribution >= 0.6 is 0 Å². The Morgan fingerprint density at radius 2 is 1.60 bits per heavy atom. The van der Waals surface area contributed by atoms with Crippen molar-refractivity contribution in [2.75, 3.05) is 13.2 Å². The number of nitrogens with two attached hydrogens (primary N) is 1. The van der Waals surface area contributed by atoms with Gasteiger partial charge >= 0.3 is 5.97 Å². The smallest absolute Gasteiger partial charge is 0.323 e. The molecule has 0 fully saturated rings. The molecule has 0 unspecified atom stereocenters. The molecule has 10 nitrogen and oxygen atoms in total. The molecule has 10 heteroatoms. The molecule has 25 heavy (non-hydrogen) atoms. The van der Waals surface area contributed by atoms with Gasteiger partial charge < -0.3 is 41.3 Å². The van der Waals surface area contributed by atoms with Gasteiger partial charge in [0.1, 0.15) is 30.0 Å². The number of hydrogen-bond acceptors (Lipinski definition) is 9. The first-order valence-electron chi connectivity index (χ1n) is 7.97. The lowest BCUT2D eigenvalue weighted by Gasteiger charge is -2.25. The van der Waals surface area contributed by atoms with Gasteiger partial charge in [-0.1, -0.05) is 0 Å². The van der Waals surface area contributed by atoms with E-state index in [1.165, 1.54) is 0 Å². The Kier molecular flexibility index (Phi) is 10.1. The van der Waals surface area contributed by atoms with E-state index in [-0.39, 0.29) is 12.8 Å². The fraction of sp³-hybridized carbons (Fsp3) is 0.867. The van der Waals surface area contributed by atoms with Crippen LogP contribution in [-0.4, -0.2) is 86.6 Å². The van der Waals surface area contributed by atoms with Crippen LogP contribution in [0.1, 0.15) is 33.6 Å². The summed E-state index contributed by atoms with van der Waals surface area (Å²) in [6.07, 6.45) is -6.77. The Morgan fingerprint density at radius 3 is 2.08 bits per heavy atom. The van der Waals surface area contributed by atoms with Gasteiger partial charge in [-0.25, -0.2) is 0 Å². The van der Waals surface area contributed by atoms with E-state index in [1.807, 2.05) is 0 Å². The predicted molar refractivity (Wildman–Crippen MR) is 87.2 cm³/mol. The summed E-state index contributed by atoms with van der Waals surface area (Å²) in [5, 5.41) is 48.9. The standard InChI is InChI=1S/C15H30N2O8/c1-15(2,3)25-14(24)8(16)4-5-11(21)17-6-9(19)12(22)13(23)10(20)7-18/h8-10,12-13,18-20,22-23H,4-7,16H2,1-3H3,(H,17,21)/t8-,9-,10+,12+,13+/m0/s1. The molecular weight excluding hydrogens is 336 g/mol. The normalized spacial score (nSPS) is 18.0. The minimum atomic E-state index is -1.77. The van der Waals surface area contributed by atoms with E-state index in [4.69, 9.17) is 15.6 Å². The molecule has 0 aliphatic heterocycles. The van der Waals surface area contributed by atoms with Crippen molar-refractivity contribution in [2.24, 2.45) is 5.73 Å². The molecule has 0 spiro atoms. The van der Waals surface area contributed by atoms with Crippen molar-refractivity contribution in [1.29, 1.82) is 0 Å². The molecule has 0 aromatic carbocycles. The SMILES string of the molecule is CC(C)(C)OC(=O)[C@@H](N)CCC(=O)NC[C@H](O)[C@@H](O)[C@H](O)[C@H](O)CO. The van der Waals surface area contributed by atoms with Crippen LogP contribution < -0.4 is 11.1 Å². The van der Waals surface area contributed by atoms with Gasteiger partial charge in [0.05, 0.1) is 12.7 Å². The maximum absolute atomic E-state index is 11.7. The number of carbonyl (C=O) groups excluding carboxylic acids is 2. The third kappa shape index (κ3) is 9.68. The molecule has 148 valence electrons. The molecule has 0 bridgehead atoms. The summed E-state index contributed by atoms with van der Waals surface area (Å²) in [7, 11) is 0. The summed E-state index contributed by atoms with van der Waals surface area (Å²) in [4.78, 5) is 23.3. The molecule has 0 saturated heterocycles. The summed E-state index contributed by atoms with van der Waals surface area (Å²) in [5.74, 6) is -1.15. The molecule has 0 rings (SSSR count). The Bertz CT molecular complexity index is 426. The summed E-state index contributed by atoms with van der Waals surface area (Å²) in [6, 6.07) is -0.970. The second-order valence-electron chi connectivity index (χ2n) is 6.78. The second kappa shape index (κ2) is 10.6. The number of aliphatic hydroxyl groups excluding tert-OH is 5. The number of nitrogens with one attached hydrogen (secondary N) is 1. The van der Waals surface area contributed by atoms with Gasteiger partial charge in [-0.05, 0) is 27.2 Å². The topological polar surface area (TPSA) is 183 Å². The third-order valence-corrected chi connectivity index (χ3v) is 3.23. The number of ether oxygens (including phenoxy) is 1. The lowest BCUT2D eigenvalue weighted by Crippen LogP contribution is -2.49. The molecule has 0 aliphatic carbocycles. The summed E-state index contributed by atoms with van der Waals surface area (Å²) < 4.78 is 5.08. The lowest BCUT2D eigenvalue weighted by molar-refractivity contribution is -0.156. The molecule has 0 radical (unpaired) electrons. The van der Waals surface area contributed by atoms with Gasteiger partial charge in [-0.15, -0.1) is 0 Å². The number of carbonyl (C=O) groups is 2. The Balaban J connectivity index is 4.21. The monoisotopic (exact) mass is 366 g/mol. The average molecular weight is 366 g/mol. The molecule has 0 aliphatic rings. The molecule has 0 aromatic rings. The van der Waals surface area contributed by atoms with Crippen LogP contribution in [-0.2, 0) is 14.3 Å². The lowest BCUT2D eigenvalue weighted by atomic mass is 10.0. The van der Waals surface area contributed by atoms with Gasteiger partial charge in [0.25, 0.3) is 0 Å². The van der Waals surface area contributed by atoms with Crippen LogP contribution in [0.25, 0.3) is 0 Å². The van der Waals surface area contributed by atoms with E-state index in [9.17, 15) is 30.0 Å². The van der Waals surface area contributed by atoms with Crippen molar-refractivity contribution in [3.8, 4) is 0 Å². The largest absolute Gasteiger partial charge is 0.459 e. The first kappa shape index (κ1) is 23.7. The van der Waals surface area contributed by atoms with E-state index in [0.29, 0.717) is 0 Å². The van der Waals surface area contributed by atoms with E-state index in [0.717, 1.165) is 0 Å². The van der Waals surface area contributed by atoms with Gasteiger partial charge in [0.2, 0.25) is 5.91 Å². The molecule has 0 aromatic heterocycles. The average Bonchev–Trinajstić information content (AvgIpc) is 2.53. The number of rotatable bonds is 10. The van der Waals surface area contributed by atoms with Gasteiger partial charge in [-0.3, -0.25) is 9.59 Å². The van der Waals surface area contributed by atoms with Crippen LogP contribution in [0.4, 0.5) is 0 Å². The van der Waals surface area contributed by atoms with Crippen molar-refractivity contribution in [1.82, 2.24) is 5.32 Å². The highest BCUT2D eigenvalue weighted by molar-refractivity contribution is 5.79. The highest BCUT2D eigenvalue weighted by Gasteiger charge is 2.30. The molecule has 0 heterocycles. The van der Waals surface area contributed by atoms with Gasteiger partial charge in [0, 0.05) is 13.0 Å². The summed E-state index contributed by atoms with van der Waals surface area (Å²) >= 11 is 0. The number of hydrogen-bond donors (Lipinski definition) is 7. The minimum absolute atomic E-state index is 0.0330. The van der Waals surface area contributed by atoms with E-state index in [1.54, 1.807) is 20.8 Å². The Morgan fingerprint density at radius 1 is 1.08 bits per heavy atom. The molecular formula is C15H30N2O8. The maximum atomic E-state index is 11.7. The molecule has 8 N–H and O–H groups in total.